The largest absolute Gasteiger partial charge is 0.506 e. The summed E-state index contributed by atoms with van der Waals surface area (Å²) in [4.78, 5) is 18.0. The Bertz CT molecular complexity index is 846. The molecule has 1 amide bonds. The molecule has 24 heavy (non-hydrogen) atoms. The zero-order valence-electron chi connectivity index (χ0n) is 12.8. The molecular formula is C17H17N3O4. The second-order valence-electron chi connectivity index (χ2n) is 5.40. The number of pyridine rings is 1. The highest BCUT2D eigenvalue weighted by Gasteiger charge is 2.16. The van der Waals surface area contributed by atoms with Gasteiger partial charge in [-0.05, 0) is 18.1 Å². The predicted octanol–water partition coefficient (Wildman–Crippen LogP) is 2.53. The molecule has 0 unspecified atom stereocenters. The van der Waals surface area contributed by atoms with Crippen molar-refractivity contribution in [1.29, 1.82) is 0 Å². The van der Waals surface area contributed by atoms with E-state index >= 15 is 0 Å². The van der Waals surface area contributed by atoms with Crippen molar-refractivity contribution in [3.63, 3.8) is 0 Å². The predicted molar refractivity (Wildman–Crippen MR) is 88.3 cm³/mol. The van der Waals surface area contributed by atoms with Crippen molar-refractivity contribution in [3.8, 4) is 11.5 Å². The van der Waals surface area contributed by atoms with Gasteiger partial charge in [-0.3, -0.25) is 4.98 Å². The lowest BCUT2D eigenvalue weighted by atomic mass is 10.1. The van der Waals surface area contributed by atoms with Gasteiger partial charge in [0.05, 0.1) is 18.4 Å². The number of aromatic amines is 1. The molecule has 0 fully saturated rings. The molecule has 2 heterocycles. The summed E-state index contributed by atoms with van der Waals surface area (Å²) < 4.78 is 5.55. The van der Waals surface area contributed by atoms with E-state index in [-0.39, 0.29) is 12.4 Å². The Morgan fingerprint density at radius 3 is 2.96 bits per heavy atom. The fourth-order valence-electron chi connectivity index (χ4n) is 2.58. The average molecular weight is 327 g/mol. The van der Waals surface area contributed by atoms with Crippen LogP contribution in [-0.2, 0) is 6.42 Å². The number of amides is 1. The van der Waals surface area contributed by atoms with Crippen molar-refractivity contribution in [3.05, 3.63) is 54.5 Å². The van der Waals surface area contributed by atoms with Crippen LogP contribution in [0.3, 0.4) is 0 Å². The maximum Gasteiger partial charge on any atom is 0.405 e. The smallest absolute Gasteiger partial charge is 0.405 e. The zero-order valence-corrected chi connectivity index (χ0v) is 12.8. The minimum absolute atomic E-state index is 0.00753. The van der Waals surface area contributed by atoms with Crippen LogP contribution in [-0.4, -0.2) is 38.9 Å². The number of nitrogens with one attached hydrogen (secondary N) is 2. The van der Waals surface area contributed by atoms with E-state index in [1.165, 1.54) is 18.5 Å². The first-order valence-corrected chi connectivity index (χ1v) is 7.43. The number of aromatic hydroxyl groups is 1. The first-order chi connectivity index (χ1) is 11.6. The molecule has 0 aliphatic carbocycles. The molecule has 0 aliphatic heterocycles. The van der Waals surface area contributed by atoms with Crippen LogP contribution in [0.1, 0.15) is 5.56 Å². The Morgan fingerprint density at radius 1 is 1.33 bits per heavy atom. The van der Waals surface area contributed by atoms with Crippen LogP contribution in [0.15, 0.2) is 48.9 Å². The number of benzene rings is 1. The van der Waals surface area contributed by atoms with E-state index in [1.54, 1.807) is 0 Å². The molecule has 0 bridgehead atoms. The van der Waals surface area contributed by atoms with Crippen LogP contribution >= 0.6 is 0 Å². The summed E-state index contributed by atoms with van der Waals surface area (Å²) in [6.45, 7) is 0.122. The molecule has 0 radical (unpaired) electrons. The summed E-state index contributed by atoms with van der Waals surface area (Å²) in [5.41, 5.74) is 2.00. The standard InChI is InChI=1S/C17H17N3O4/c21-13-6-14(9-18-8-13)24-10-12(20-17(22)23)5-11-7-19-16-4-2-1-3-15(11)16/h1-4,6-9,12,19-21H,5,10H2,(H,22,23)/t12-/m1/s1. The molecular weight excluding hydrogens is 310 g/mol. The molecule has 7 heteroatoms. The van der Waals surface area contributed by atoms with Gasteiger partial charge in [0.15, 0.2) is 0 Å². The Hall–Kier alpha value is -3.22. The average Bonchev–Trinajstić information content (AvgIpc) is 2.95. The fourth-order valence-corrected chi connectivity index (χ4v) is 2.58. The first-order valence-electron chi connectivity index (χ1n) is 7.43. The van der Waals surface area contributed by atoms with Gasteiger partial charge in [0.2, 0.25) is 0 Å². The highest BCUT2D eigenvalue weighted by atomic mass is 16.5. The lowest BCUT2D eigenvalue weighted by molar-refractivity contribution is 0.180. The summed E-state index contributed by atoms with van der Waals surface area (Å²) in [6, 6.07) is 8.81. The number of hydrogen-bond donors (Lipinski definition) is 4. The van der Waals surface area contributed by atoms with Crippen molar-refractivity contribution < 1.29 is 19.7 Å². The maximum absolute atomic E-state index is 11.0. The van der Waals surface area contributed by atoms with Gasteiger partial charge in [0, 0.05) is 23.2 Å². The fraction of sp³-hybridized carbons (Fsp3) is 0.176. The molecule has 3 aromatic rings. The molecule has 0 aliphatic rings. The summed E-state index contributed by atoms with van der Waals surface area (Å²) >= 11 is 0. The van der Waals surface area contributed by atoms with E-state index in [1.807, 2.05) is 30.5 Å². The van der Waals surface area contributed by atoms with Crippen molar-refractivity contribution in [2.24, 2.45) is 0 Å². The van der Waals surface area contributed by atoms with E-state index < -0.39 is 12.1 Å². The minimum Gasteiger partial charge on any atom is -0.506 e. The summed E-state index contributed by atoms with van der Waals surface area (Å²) in [5.74, 6) is 0.373. The van der Waals surface area contributed by atoms with E-state index in [0.717, 1.165) is 16.5 Å². The molecule has 7 nitrogen and oxygen atoms in total. The molecule has 0 saturated carbocycles. The third-order valence-corrected chi connectivity index (χ3v) is 3.62. The molecule has 0 spiro atoms. The molecule has 4 N–H and O–H groups in total. The van der Waals surface area contributed by atoms with E-state index in [4.69, 9.17) is 9.84 Å². The Labute approximate surface area is 137 Å². The Balaban J connectivity index is 1.73. The molecule has 2 aromatic heterocycles. The van der Waals surface area contributed by atoms with Crippen molar-refractivity contribution in [2.75, 3.05) is 6.61 Å². The van der Waals surface area contributed by atoms with E-state index in [0.29, 0.717) is 12.2 Å². The number of rotatable bonds is 6. The summed E-state index contributed by atoms with van der Waals surface area (Å²) in [6.07, 6.45) is 3.99. The lowest BCUT2D eigenvalue weighted by Gasteiger charge is -2.17. The second-order valence-corrected chi connectivity index (χ2v) is 5.40. The zero-order chi connectivity index (χ0) is 16.9. The Morgan fingerprint density at radius 2 is 2.17 bits per heavy atom. The SMILES string of the molecule is O=C(O)N[C@@H](COc1cncc(O)c1)Cc1c[nH]c2ccccc12. The maximum atomic E-state index is 11.0. The number of nitrogens with zero attached hydrogens (tertiary/aromatic N) is 1. The summed E-state index contributed by atoms with van der Waals surface area (Å²) in [5, 5.41) is 21.9. The first kappa shape index (κ1) is 15.7. The number of aromatic nitrogens is 2. The third-order valence-electron chi connectivity index (χ3n) is 3.62. The highest BCUT2D eigenvalue weighted by Crippen LogP contribution is 2.20. The number of carbonyl (C=O) groups is 1. The minimum atomic E-state index is -1.11. The number of H-pyrrole nitrogens is 1. The molecule has 1 atom stereocenters. The Kier molecular flexibility index (Phi) is 4.51. The second kappa shape index (κ2) is 6.91. The normalized spacial score (nSPS) is 12.0. The number of para-hydroxylation sites is 1. The van der Waals surface area contributed by atoms with Gasteiger partial charge in [-0.15, -0.1) is 0 Å². The van der Waals surface area contributed by atoms with Gasteiger partial charge in [0.1, 0.15) is 18.1 Å². The molecule has 3 rings (SSSR count). The highest BCUT2D eigenvalue weighted by molar-refractivity contribution is 5.83. The monoisotopic (exact) mass is 327 g/mol. The lowest BCUT2D eigenvalue weighted by Crippen LogP contribution is -2.39. The number of fused-ring (bicyclic) bond motifs is 1. The van der Waals surface area contributed by atoms with Crippen molar-refractivity contribution >= 4 is 17.0 Å². The topological polar surface area (TPSA) is 107 Å². The molecule has 1 aromatic carbocycles. The van der Waals surface area contributed by atoms with Gasteiger partial charge >= 0.3 is 6.09 Å². The number of ether oxygens (including phenoxy) is 1. The quantitative estimate of drug-likeness (QED) is 0.556. The van der Waals surface area contributed by atoms with E-state index in [9.17, 15) is 9.90 Å². The van der Waals surface area contributed by atoms with Gasteiger partial charge in [-0.25, -0.2) is 4.79 Å². The third kappa shape index (κ3) is 3.75. The van der Waals surface area contributed by atoms with Crippen LogP contribution < -0.4 is 10.1 Å². The van der Waals surface area contributed by atoms with Crippen LogP contribution in [0.2, 0.25) is 0 Å². The van der Waals surface area contributed by atoms with Gasteiger partial charge in [0.25, 0.3) is 0 Å². The van der Waals surface area contributed by atoms with Crippen LogP contribution in [0.25, 0.3) is 10.9 Å². The number of hydrogen-bond acceptors (Lipinski definition) is 4. The number of carboxylic acid groups (broad SMARTS) is 1. The van der Waals surface area contributed by atoms with Gasteiger partial charge < -0.3 is 25.3 Å². The van der Waals surface area contributed by atoms with E-state index in [2.05, 4.69) is 15.3 Å². The molecule has 0 saturated heterocycles. The molecule has 124 valence electrons. The van der Waals surface area contributed by atoms with Gasteiger partial charge in [-0.1, -0.05) is 18.2 Å². The van der Waals surface area contributed by atoms with Crippen LogP contribution in [0.5, 0.6) is 11.5 Å². The van der Waals surface area contributed by atoms with Crippen LogP contribution in [0.4, 0.5) is 4.79 Å². The van der Waals surface area contributed by atoms with Crippen LogP contribution in [0, 0.1) is 0 Å². The van der Waals surface area contributed by atoms with Gasteiger partial charge in [-0.2, -0.15) is 0 Å². The summed E-state index contributed by atoms with van der Waals surface area (Å²) in [7, 11) is 0. The van der Waals surface area contributed by atoms with Crippen molar-refractivity contribution in [2.45, 2.75) is 12.5 Å². The van der Waals surface area contributed by atoms with Crippen molar-refractivity contribution in [1.82, 2.24) is 15.3 Å².